The highest BCUT2D eigenvalue weighted by Gasteiger charge is 2.09. The fraction of sp³-hybridized carbons (Fsp3) is 0.600. The lowest BCUT2D eigenvalue weighted by atomic mass is 10.2. The normalized spacial score (nSPS) is 15.7. The highest BCUT2D eigenvalue weighted by Crippen LogP contribution is 2.17. The van der Waals surface area contributed by atoms with E-state index in [-0.39, 0.29) is 12.4 Å². The van der Waals surface area contributed by atoms with Gasteiger partial charge in [-0.2, -0.15) is 0 Å². The van der Waals surface area contributed by atoms with Crippen LogP contribution in [0, 0.1) is 0 Å². The van der Waals surface area contributed by atoms with E-state index in [1.54, 1.807) is 0 Å². The van der Waals surface area contributed by atoms with Gasteiger partial charge in [-0.05, 0) is 13.0 Å². The van der Waals surface area contributed by atoms with Crippen LogP contribution in [-0.2, 0) is 11.3 Å². The number of halogens is 1. The van der Waals surface area contributed by atoms with Crippen molar-refractivity contribution in [2.24, 2.45) is 0 Å². The monoisotopic (exact) mass is 299 g/mol. The summed E-state index contributed by atoms with van der Waals surface area (Å²) in [5, 5.41) is 3.49. The van der Waals surface area contributed by atoms with E-state index < -0.39 is 0 Å². The maximum absolute atomic E-state index is 5.62. The molecule has 0 unspecified atom stereocenters. The number of para-hydroxylation sites is 1. The zero-order valence-corrected chi connectivity index (χ0v) is 12.9. The van der Waals surface area contributed by atoms with Gasteiger partial charge >= 0.3 is 0 Å². The van der Waals surface area contributed by atoms with Crippen molar-refractivity contribution in [2.75, 3.05) is 46.0 Å². The van der Waals surface area contributed by atoms with Crippen molar-refractivity contribution in [1.82, 2.24) is 10.2 Å². The van der Waals surface area contributed by atoms with Crippen molar-refractivity contribution in [3.63, 3.8) is 0 Å². The van der Waals surface area contributed by atoms with Gasteiger partial charge in [-0.3, -0.25) is 4.90 Å². The van der Waals surface area contributed by atoms with Gasteiger partial charge in [0.25, 0.3) is 0 Å². The highest BCUT2D eigenvalue weighted by atomic mass is 35.5. The van der Waals surface area contributed by atoms with Gasteiger partial charge in [0.2, 0.25) is 0 Å². The Hall–Kier alpha value is -0.810. The van der Waals surface area contributed by atoms with Crippen molar-refractivity contribution in [3.8, 4) is 5.75 Å². The van der Waals surface area contributed by atoms with E-state index in [4.69, 9.17) is 9.47 Å². The fourth-order valence-electron chi connectivity index (χ4n) is 2.23. The lowest BCUT2D eigenvalue weighted by molar-refractivity contribution is -0.00000611. The van der Waals surface area contributed by atoms with E-state index >= 15 is 0 Å². The molecule has 0 bridgehead atoms. The van der Waals surface area contributed by atoms with Crippen LogP contribution in [0.4, 0.5) is 0 Å². The molecule has 114 valence electrons. The molecule has 0 saturated carbocycles. The van der Waals surface area contributed by atoms with Crippen molar-refractivity contribution in [1.29, 1.82) is 0 Å². The SMILES string of the molecule is CCOc1ccccc1CNCCN1CCOCC1.[Cl-]. The third-order valence-electron chi connectivity index (χ3n) is 3.30. The van der Waals surface area contributed by atoms with Crippen LogP contribution in [0.3, 0.4) is 0 Å². The molecular weight excluding hydrogens is 276 g/mol. The zero-order valence-electron chi connectivity index (χ0n) is 12.1. The Labute approximate surface area is 127 Å². The average molecular weight is 300 g/mol. The van der Waals surface area contributed by atoms with Gasteiger partial charge in [-0.25, -0.2) is 0 Å². The maximum Gasteiger partial charge on any atom is 0.123 e. The second-order valence-corrected chi connectivity index (χ2v) is 4.67. The first-order valence-corrected chi connectivity index (χ1v) is 7.11. The van der Waals surface area contributed by atoms with Gasteiger partial charge in [0.1, 0.15) is 5.75 Å². The molecule has 5 heteroatoms. The molecule has 1 N–H and O–H groups in total. The minimum atomic E-state index is 0. The molecule has 1 aromatic carbocycles. The minimum absolute atomic E-state index is 0. The van der Waals surface area contributed by atoms with Crippen molar-refractivity contribution in [3.05, 3.63) is 29.8 Å². The van der Waals surface area contributed by atoms with Crippen molar-refractivity contribution in [2.45, 2.75) is 13.5 Å². The summed E-state index contributed by atoms with van der Waals surface area (Å²) in [5.74, 6) is 0.990. The third kappa shape index (κ3) is 5.67. The van der Waals surface area contributed by atoms with Gasteiger partial charge in [0.05, 0.1) is 19.8 Å². The van der Waals surface area contributed by atoms with Gasteiger partial charge in [0.15, 0.2) is 0 Å². The third-order valence-corrected chi connectivity index (χ3v) is 3.30. The lowest BCUT2D eigenvalue weighted by Gasteiger charge is -2.26. The Morgan fingerprint density at radius 3 is 2.75 bits per heavy atom. The Bertz CT molecular complexity index is 371. The van der Waals surface area contributed by atoms with Gasteiger partial charge in [-0.1, -0.05) is 18.2 Å². The summed E-state index contributed by atoms with van der Waals surface area (Å²) in [7, 11) is 0. The number of nitrogens with one attached hydrogen (secondary N) is 1. The molecule has 0 amide bonds. The molecule has 1 aliphatic heterocycles. The lowest BCUT2D eigenvalue weighted by Crippen LogP contribution is -3.00. The predicted octanol–water partition coefficient (Wildman–Crippen LogP) is -1.49. The van der Waals surface area contributed by atoms with E-state index in [0.29, 0.717) is 6.61 Å². The molecule has 20 heavy (non-hydrogen) atoms. The maximum atomic E-state index is 5.62. The topological polar surface area (TPSA) is 33.7 Å². The number of rotatable bonds is 7. The number of nitrogens with zero attached hydrogens (tertiary/aromatic N) is 1. The molecular formula is C15H24ClN2O2-. The van der Waals surface area contributed by atoms with Gasteiger partial charge in [-0.15, -0.1) is 0 Å². The fourth-order valence-corrected chi connectivity index (χ4v) is 2.23. The Kier molecular flexibility index (Phi) is 8.62. The number of benzene rings is 1. The van der Waals surface area contributed by atoms with Crippen LogP contribution in [0.15, 0.2) is 24.3 Å². The molecule has 1 aromatic rings. The van der Waals surface area contributed by atoms with E-state index in [0.717, 1.165) is 51.7 Å². The minimum Gasteiger partial charge on any atom is -1.00 e. The number of hydrogen-bond acceptors (Lipinski definition) is 4. The molecule has 0 aromatic heterocycles. The van der Waals surface area contributed by atoms with Crippen LogP contribution in [0.5, 0.6) is 5.75 Å². The molecule has 1 aliphatic rings. The predicted molar refractivity (Wildman–Crippen MR) is 76.6 cm³/mol. The summed E-state index contributed by atoms with van der Waals surface area (Å²) < 4.78 is 11.0. The molecule has 2 rings (SSSR count). The van der Waals surface area contributed by atoms with E-state index in [9.17, 15) is 0 Å². The van der Waals surface area contributed by atoms with E-state index in [1.165, 1.54) is 5.56 Å². The van der Waals surface area contributed by atoms with Crippen LogP contribution >= 0.6 is 0 Å². The quantitative estimate of drug-likeness (QED) is 0.622. The largest absolute Gasteiger partial charge is 1.00 e. The second-order valence-electron chi connectivity index (χ2n) is 4.67. The number of hydrogen-bond donors (Lipinski definition) is 1. The number of ether oxygens (including phenoxy) is 2. The first-order chi connectivity index (χ1) is 9.40. The van der Waals surface area contributed by atoms with Crippen LogP contribution in [0.25, 0.3) is 0 Å². The van der Waals surface area contributed by atoms with Crippen molar-refractivity contribution < 1.29 is 21.9 Å². The average Bonchev–Trinajstić information content (AvgIpc) is 2.47. The van der Waals surface area contributed by atoms with Crippen LogP contribution in [-0.4, -0.2) is 50.9 Å². The summed E-state index contributed by atoms with van der Waals surface area (Å²) >= 11 is 0. The van der Waals surface area contributed by atoms with Gasteiger partial charge < -0.3 is 27.2 Å². The molecule has 0 aliphatic carbocycles. The number of morpholine rings is 1. The Balaban J connectivity index is 0.00000200. The Morgan fingerprint density at radius 1 is 1.25 bits per heavy atom. The second kappa shape index (κ2) is 10.00. The first kappa shape index (κ1) is 17.2. The van der Waals surface area contributed by atoms with Crippen molar-refractivity contribution >= 4 is 0 Å². The molecule has 4 nitrogen and oxygen atoms in total. The van der Waals surface area contributed by atoms with E-state index in [1.807, 2.05) is 19.1 Å². The standard InChI is InChI=1S/C15H24N2O2.ClH/c1-2-19-15-6-4-3-5-14(15)13-16-7-8-17-9-11-18-12-10-17;/h3-6,16H,2,7-13H2,1H3;1H/p-1. The highest BCUT2D eigenvalue weighted by molar-refractivity contribution is 5.33. The molecule has 1 heterocycles. The summed E-state index contributed by atoms with van der Waals surface area (Å²) in [6, 6.07) is 8.22. The Morgan fingerprint density at radius 2 is 2.00 bits per heavy atom. The smallest absolute Gasteiger partial charge is 0.123 e. The van der Waals surface area contributed by atoms with Crippen LogP contribution in [0.1, 0.15) is 12.5 Å². The molecule has 0 radical (unpaired) electrons. The summed E-state index contributed by atoms with van der Waals surface area (Å²) in [6.07, 6.45) is 0. The molecule has 0 spiro atoms. The first-order valence-electron chi connectivity index (χ1n) is 7.11. The summed E-state index contributed by atoms with van der Waals surface area (Å²) in [4.78, 5) is 2.44. The molecule has 0 atom stereocenters. The molecule has 1 saturated heterocycles. The zero-order chi connectivity index (χ0) is 13.3. The molecule has 1 fully saturated rings. The van der Waals surface area contributed by atoms with Crippen LogP contribution in [0.2, 0.25) is 0 Å². The summed E-state index contributed by atoms with van der Waals surface area (Å²) in [5.41, 5.74) is 1.23. The van der Waals surface area contributed by atoms with E-state index in [2.05, 4.69) is 22.3 Å². The van der Waals surface area contributed by atoms with Gasteiger partial charge in [0, 0.05) is 38.3 Å². The van der Waals surface area contributed by atoms with Crippen LogP contribution < -0.4 is 22.5 Å². The summed E-state index contributed by atoms with van der Waals surface area (Å²) in [6.45, 7) is 9.52.